The van der Waals surface area contributed by atoms with Gasteiger partial charge in [-0.3, -0.25) is 10.00 Å². The molecule has 2 rings (SSSR count). The molecule has 0 saturated carbocycles. The van der Waals surface area contributed by atoms with Crippen LogP contribution in [0.25, 0.3) is 0 Å². The molecule has 0 aliphatic heterocycles. The summed E-state index contributed by atoms with van der Waals surface area (Å²) >= 11 is 0. The molecule has 0 fully saturated rings. The first-order chi connectivity index (χ1) is 8.75. The van der Waals surface area contributed by atoms with E-state index >= 15 is 0 Å². The highest BCUT2D eigenvalue weighted by Crippen LogP contribution is 2.02. The van der Waals surface area contributed by atoms with Crippen LogP contribution in [0.2, 0.25) is 0 Å². The van der Waals surface area contributed by atoms with Gasteiger partial charge in [0.25, 0.3) is 0 Å². The summed E-state index contributed by atoms with van der Waals surface area (Å²) < 4.78 is 1.61. The van der Waals surface area contributed by atoms with Crippen LogP contribution in [0.5, 0.6) is 0 Å². The SMILES string of the molecule is Cn1nccc1NC(=O)NCCc1ccccc1. The minimum Gasteiger partial charge on any atom is -0.337 e. The van der Waals surface area contributed by atoms with E-state index in [1.54, 1.807) is 24.0 Å². The Morgan fingerprint density at radius 2 is 2.06 bits per heavy atom. The van der Waals surface area contributed by atoms with E-state index in [1.807, 2.05) is 30.3 Å². The first-order valence-electron chi connectivity index (χ1n) is 5.82. The van der Waals surface area contributed by atoms with Gasteiger partial charge in [-0.1, -0.05) is 30.3 Å². The van der Waals surface area contributed by atoms with E-state index in [-0.39, 0.29) is 6.03 Å². The van der Waals surface area contributed by atoms with Gasteiger partial charge >= 0.3 is 6.03 Å². The Morgan fingerprint density at radius 3 is 2.72 bits per heavy atom. The third-order valence-electron chi connectivity index (χ3n) is 2.60. The summed E-state index contributed by atoms with van der Waals surface area (Å²) in [5.41, 5.74) is 1.21. The number of urea groups is 1. The van der Waals surface area contributed by atoms with Crippen molar-refractivity contribution in [2.45, 2.75) is 6.42 Å². The largest absolute Gasteiger partial charge is 0.337 e. The van der Waals surface area contributed by atoms with Gasteiger partial charge < -0.3 is 5.32 Å². The number of nitrogens with zero attached hydrogens (tertiary/aromatic N) is 2. The van der Waals surface area contributed by atoms with Gasteiger partial charge in [0.1, 0.15) is 5.82 Å². The Kier molecular flexibility index (Phi) is 3.96. The second-order valence-electron chi connectivity index (χ2n) is 3.96. The summed E-state index contributed by atoms with van der Waals surface area (Å²) in [7, 11) is 1.78. The van der Waals surface area contributed by atoms with Crippen LogP contribution in [0.4, 0.5) is 10.6 Å². The van der Waals surface area contributed by atoms with Gasteiger partial charge in [-0.15, -0.1) is 0 Å². The highest BCUT2D eigenvalue weighted by molar-refractivity contribution is 5.88. The number of benzene rings is 1. The summed E-state index contributed by atoms with van der Waals surface area (Å²) in [6.45, 7) is 0.605. The number of rotatable bonds is 4. The molecule has 0 unspecified atom stereocenters. The molecule has 1 aromatic heterocycles. The van der Waals surface area contributed by atoms with Gasteiger partial charge in [0.05, 0.1) is 6.20 Å². The maximum Gasteiger partial charge on any atom is 0.320 e. The number of nitrogens with one attached hydrogen (secondary N) is 2. The lowest BCUT2D eigenvalue weighted by Crippen LogP contribution is -2.31. The zero-order valence-corrected chi connectivity index (χ0v) is 10.3. The molecule has 2 amide bonds. The van der Waals surface area contributed by atoms with Crippen LogP contribution in [0, 0.1) is 0 Å². The van der Waals surface area contributed by atoms with Crippen molar-refractivity contribution in [2.24, 2.45) is 7.05 Å². The zero-order valence-electron chi connectivity index (χ0n) is 10.3. The van der Waals surface area contributed by atoms with Gasteiger partial charge in [0, 0.05) is 19.7 Å². The lowest BCUT2D eigenvalue weighted by molar-refractivity contribution is 0.252. The average molecular weight is 244 g/mol. The molecule has 0 radical (unpaired) electrons. The summed E-state index contributed by atoms with van der Waals surface area (Å²) in [5, 5.41) is 9.50. The Hall–Kier alpha value is -2.30. The molecule has 1 heterocycles. The van der Waals surface area contributed by atoms with Crippen LogP contribution in [-0.2, 0) is 13.5 Å². The monoisotopic (exact) mass is 244 g/mol. The van der Waals surface area contributed by atoms with Gasteiger partial charge in [-0.25, -0.2) is 4.79 Å². The first-order valence-corrected chi connectivity index (χ1v) is 5.82. The molecule has 5 nitrogen and oxygen atoms in total. The molecule has 0 aliphatic rings. The molecule has 0 bridgehead atoms. The number of aryl methyl sites for hydroxylation is 1. The number of hydrogen-bond acceptors (Lipinski definition) is 2. The van der Waals surface area contributed by atoms with Crippen LogP contribution in [0.3, 0.4) is 0 Å². The molecule has 0 saturated heterocycles. The van der Waals surface area contributed by atoms with Crippen molar-refractivity contribution in [1.29, 1.82) is 0 Å². The maximum atomic E-state index is 11.6. The molecule has 0 aliphatic carbocycles. The minimum atomic E-state index is -0.213. The first kappa shape index (κ1) is 12.2. The van der Waals surface area contributed by atoms with E-state index in [0.717, 1.165) is 6.42 Å². The topological polar surface area (TPSA) is 59.0 Å². The van der Waals surface area contributed by atoms with E-state index in [2.05, 4.69) is 15.7 Å². The molecule has 94 valence electrons. The molecule has 1 aromatic carbocycles. The number of carbonyl (C=O) groups is 1. The minimum absolute atomic E-state index is 0.213. The molecule has 0 atom stereocenters. The van der Waals surface area contributed by atoms with E-state index in [0.29, 0.717) is 12.4 Å². The predicted octanol–water partition coefficient (Wildman–Crippen LogP) is 1.78. The second-order valence-corrected chi connectivity index (χ2v) is 3.96. The van der Waals surface area contributed by atoms with Crippen molar-refractivity contribution in [3.63, 3.8) is 0 Å². The molecule has 18 heavy (non-hydrogen) atoms. The number of aromatic nitrogens is 2. The molecular formula is C13H16N4O. The molecular weight excluding hydrogens is 228 g/mol. The maximum absolute atomic E-state index is 11.6. The highest BCUT2D eigenvalue weighted by Gasteiger charge is 2.03. The number of carbonyl (C=O) groups excluding carboxylic acids is 1. The Labute approximate surface area is 106 Å². The van der Waals surface area contributed by atoms with Crippen LogP contribution in [-0.4, -0.2) is 22.4 Å². The van der Waals surface area contributed by atoms with Gasteiger partial charge in [0.15, 0.2) is 0 Å². The Morgan fingerprint density at radius 1 is 1.28 bits per heavy atom. The van der Waals surface area contributed by atoms with Gasteiger partial charge in [-0.2, -0.15) is 5.10 Å². The molecule has 5 heteroatoms. The quantitative estimate of drug-likeness (QED) is 0.861. The lowest BCUT2D eigenvalue weighted by Gasteiger charge is -2.07. The van der Waals surface area contributed by atoms with Gasteiger partial charge in [-0.05, 0) is 12.0 Å². The smallest absolute Gasteiger partial charge is 0.320 e. The van der Waals surface area contributed by atoms with Crippen molar-refractivity contribution < 1.29 is 4.79 Å². The fourth-order valence-electron chi connectivity index (χ4n) is 1.62. The highest BCUT2D eigenvalue weighted by atomic mass is 16.2. The fraction of sp³-hybridized carbons (Fsp3) is 0.231. The van der Waals surface area contributed by atoms with E-state index < -0.39 is 0 Å². The second kappa shape index (κ2) is 5.86. The lowest BCUT2D eigenvalue weighted by atomic mass is 10.1. The van der Waals surface area contributed by atoms with Crippen LogP contribution < -0.4 is 10.6 Å². The van der Waals surface area contributed by atoms with Crippen molar-refractivity contribution in [2.75, 3.05) is 11.9 Å². The predicted molar refractivity (Wildman–Crippen MR) is 70.4 cm³/mol. The van der Waals surface area contributed by atoms with Crippen molar-refractivity contribution in [3.05, 3.63) is 48.2 Å². The molecule has 2 N–H and O–H groups in total. The average Bonchev–Trinajstić information content (AvgIpc) is 2.76. The fourth-order valence-corrected chi connectivity index (χ4v) is 1.62. The Bertz CT molecular complexity index is 507. The van der Waals surface area contributed by atoms with Crippen molar-refractivity contribution in [3.8, 4) is 0 Å². The molecule has 0 spiro atoms. The number of amides is 2. The standard InChI is InChI=1S/C13H16N4O/c1-17-12(8-10-15-17)16-13(18)14-9-7-11-5-3-2-4-6-11/h2-6,8,10H,7,9H2,1H3,(H2,14,16,18). The van der Waals surface area contributed by atoms with E-state index in [1.165, 1.54) is 5.56 Å². The number of anilines is 1. The van der Waals surface area contributed by atoms with Gasteiger partial charge in [0.2, 0.25) is 0 Å². The third kappa shape index (κ3) is 3.35. The summed E-state index contributed by atoms with van der Waals surface area (Å²) in [5.74, 6) is 0.673. The normalized spacial score (nSPS) is 10.1. The molecule has 2 aromatic rings. The van der Waals surface area contributed by atoms with Crippen molar-refractivity contribution >= 4 is 11.8 Å². The summed E-state index contributed by atoms with van der Waals surface area (Å²) in [6.07, 6.45) is 2.46. The Balaban J connectivity index is 1.74. The summed E-state index contributed by atoms with van der Waals surface area (Å²) in [4.78, 5) is 11.6. The van der Waals surface area contributed by atoms with Crippen LogP contribution in [0.1, 0.15) is 5.56 Å². The van der Waals surface area contributed by atoms with E-state index in [4.69, 9.17) is 0 Å². The van der Waals surface area contributed by atoms with Crippen LogP contribution in [0.15, 0.2) is 42.6 Å². The van der Waals surface area contributed by atoms with Crippen molar-refractivity contribution in [1.82, 2.24) is 15.1 Å². The number of hydrogen-bond donors (Lipinski definition) is 2. The van der Waals surface area contributed by atoms with E-state index in [9.17, 15) is 4.79 Å². The van der Waals surface area contributed by atoms with Crippen LogP contribution >= 0.6 is 0 Å². The summed E-state index contributed by atoms with van der Waals surface area (Å²) in [6, 6.07) is 11.6. The third-order valence-corrected chi connectivity index (χ3v) is 2.60. The zero-order chi connectivity index (χ0) is 12.8.